The van der Waals surface area contributed by atoms with E-state index in [1.54, 1.807) is 6.07 Å². The molecule has 0 saturated heterocycles. The van der Waals surface area contributed by atoms with Crippen molar-refractivity contribution in [1.82, 2.24) is 0 Å². The predicted molar refractivity (Wildman–Crippen MR) is 71.5 cm³/mol. The van der Waals surface area contributed by atoms with Crippen LogP contribution in [-0.4, -0.2) is 5.11 Å². The molecular formula is C14H10Cl2F2O. The minimum Gasteiger partial charge on any atom is -0.381 e. The summed E-state index contributed by atoms with van der Waals surface area (Å²) in [7, 11) is 0. The molecule has 0 amide bonds. The number of halogens is 4. The second kappa shape index (κ2) is 5.08. The van der Waals surface area contributed by atoms with Crippen molar-refractivity contribution in [2.45, 2.75) is 12.5 Å². The van der Waals surface area contributed by atoms with E-state index in [9.17, 15) is 13.9 Å². The highest BCUT2D eigenvalue weighted by molar-refractivity contribution is 6.42. The molecule has 0 heterocycles. The lowest BCUT2D eigenvalue weighted by Gasteiger charge is -2.25. The van der Waals surface area contributed by atoms with Crippen molar-refractivity contribution >= 4 is 23.2 Å². The molecule has 0 aliphatic heterocycles. The fourth-order valence-corrected chi connectivity index (χ4v) is 2.10. The van der Waals surface area contributed by atoms with Gasteiger partial charge in [0, 0.05) is 6.07 Å². The van der Waals surface area contributed by atoms with Crippen LogP contribution in [0.25, 0.3) is 0 Å². The molecule has 2 aromatic rings. The van der Waals surface area contributed by atoms with Crippen molar-refractivity contribution < 1.29 is 13.9 Å². The van der Waals surface area contributed by atoms with Gasteiger partial charge in [-0.25, -0.2) is 8.78 Å². The standard InChI is InChI=1S/C14H10Cl2F2O/c1-14(19,8-2-3-12(15)13(16)6-8)9-4-10(17)7-11(18)5-9/h2-7,19H,1H3. The Morgan fingerprint density at radius 2 is 1.47 bits per heavy atom. The first-order valence-electron chi connectivity index (χ1n) is 5.45. The van der Waals surface area contributed by atoms with Gasteiger partial charge in [0.15, 0.2) is 0 Å². The molecular weight excluding hydrogens is 293 g/mol. The third kappa shape index (κ3) is 2.89. The molecule has 1 N–H and O–H groups in total. The highest BCUT2D eigenvalue weighted by Gasteiger charge is 2.27. The maximum atomic E-state index is 13.2. The predicted octanol–water partition coefficient (Wildman–Crippen LogP) is 4.53. The molecule has 0 aliphatic rings. The van der Waals surface area contributed by atoms with Crippen molar-refractivity contribution in [1.29, 1.82) is 0 Å². The first kappa shape index (κ1) is 14.3. The van der Waals surface area contributed by atoms with Crippen molar-refractivity contribution in [2.75, 3.05) is 0 Å². The Hall–Kier alpha value is -1.16. The molecule has 0 aliphatic carbocycles. The van der Waals surface area contributed by atoms with Crippen LogP contribution in [0, 0.1) is 11.6 Å². The fraction of sp³-hybridized carbons (Fsp3) is 0.143. The van der Waals surface area contributed by atoms with E-state index in [0.717, 1.165) is 18.2 Å². The number of hydrogen-bond donors (Lipinski definition) is 1. The first-order chi connectivity index (χ1) is 8.80. The van der Waals surface area contributed by atoms with Gasteiger partial charge in [-0.2, -0.15) is 0 Å². The fourth-order valence-electron chi connectivity index (χ4n) is 1.80. The van der Waals surface area contributed by atoms with Crippen LogP contribution in [0.2, 0.25) is 10.0 Å². The largest absolute Gasteiger partial charge is 0.381 e. The summed E-state index contributed by atoms with van der Waals surface area (Å²) in [5, 5.41) is 11.1. The van der Waals surface area contributed by atoms with Crippen molar-refractivity contribution in [3.05, 3.63) is 69.2 Å². The molecule has 0 bridgehead atoms. The summed E-state index contributed by atoms with van der Waals surface area (Å²) in [6, 6.07) is 7.43. The van der Waals surface area contributed by atoms with E-state index in [1.807, 2.05) is 0 Å². The third-order valence-electron chi connectivity index (χ3n) is 2.91. The van der Waals surface area contributed by atoms with Crippen molar-refractivity contribution in [3.63, 3.8) is 0 Å². The molecule has 0 aromatic heterocycles. The van der Waals surface area contributed by atoms with Crippen LogP contribution in [0.3, 0.4) is 0 Å². The maximum absolute atomic E-state index is 13.2. The highest BCUT2D eigenvalue weighted by atomic mass is 35.5. The van der Waals surface area contributed by atoms with Crippen LogP contribution >= 0.6 is 23.2 Å². The number of rotatable bonds is 2. The first-order valence-corrected chi connectivity index (χ1v) is 6.21. The molecule has 0 radical (unpaired) electrons. The summed E-state index contributed by atoms with van der Waals surface area (Å²) in [5.74, 6) is -1.51. The Labute approximate surface area is 119 Å². The molecule has 100 valence electrons. The summed E-state index contributed by atoms with van der Waals surface area (Å²) < 4.78 is 26.4. The van der Waals surface area contributed by atoms with Crippen LogP contribution in [0.5, 0.6) is 0 Å². The normalized spacial score (nSPS) is 14.2. The molecule has 2 aromatic carbocycles. The van der Waals surface area contributed by atoms with Gasteiger partial charge in [0.2, 0.25) is 0 Å². The van der Waals surface area contributed by atoms with Crippen LogP contribution in [0.4, 0.5) is 8.78 Å². The lowest BCUT2D eigenvalue weighted by molar-refractivity contribution is 0.101. The van der Waals surface area contributed by atoms with E-state index in [-0.39, 0.29) is 10.6 Å². The Morgan fingerprint density at radius 1 is 0.895 bits per heavy atom. The smallest absolute Gasteiger partial charge is 0.126 e. The molecule has 5 heteroatoms. The average molecular weight is 303 g/mol. The highest BCUT2D eigenvalue weighted by Crippen LogP contribution is 2.33. The second-order valence-corrected chi connectivity index (χ2v) is 5.17. The van der Waals surface area contributed by atoms with Crippen LogP contribution in [0.1, 0.15) is 18.1 Å². The second-order valence-electron chi connectivity index (χ2n) is 4.36. The lowest BCUT2D eigenvalue weighted by atomic mass is 9.88. The SMILES string of the molecule is CC(O)(c1cc(F)cc(F)c1)c1ccc(Cl)c(Cl)c1. The minimum atomic E-state index is -1.57. The monoisotopic (exact) mass is 302 g/mol. The summed E-state index contributed by atoms with van der Waals surface area (Å²) >= 11 is 11.7. The van der Waals surface area contributed by atoms with E-state index in [2.05, 4.69) is 0 Å². The van der Waals surface area contributed by atoms with Gasteiger partial charge >= 0.3 is 0 Å². The lowest BCUT2D eigenvalue weighted by Crippen LogP contribution is -2.23. The van der Waals surface area contributed by atoms with Gasteiger partial charge in [-0.15, -0.1) is 0 Å². The van der Waals surface area contributed by atoms with Gasteiger partial charge in [0.1, 0.15) is 17.2 Å². The van der Waals surface area contributed by atoms with Crippen LogP contribution < -0.4 is 0 Å². The summed E-state index contributed by atoms with van der Waals surface area (Å²) in [5.41, 5.74) is -1.08. The zero-order chi connectivity index (χ0) is 14.2. The van der Waals surface area contributed by atoms with E-state index in [4.69, 9.17) is 23.2 Å². The van der Waals surface area contributed by atoms with E-state index in [1.165, 1.54) is 19.1 Å². The summed E-state index contributed by atoms with van der Waals surface area (Å²) in [6.07, 6.45) is 0. The van der Waals surface area contributed by atoms with Crippen molar-refractivity contribution in [2.24, 2.45) is 0 Å². The molecule has 0 spiro atoms. The molecule has 1 nitrogen and oxygen atoms in total. The van der Waals surface area contributed by atoms with Gasteiger partial charge in [0.05, 0.1) is 10.0 Å². The third-order valence-corrected chi connectivity index (χ3v) is 3.65. The van der Waals surface area contributed by atoms with E-state index in [0.29, 0.717) is 10.6 Å². The Kier molecular flexibility index (Phi) is 3.81. The van der Waals surface area contributed by atoms with Crippen LogP contribution in [0.15, 0.2) is 36.4 Å². The zero-order valence-corrected chi connectivity index (χ0v) is 11.4. The molecule has 0 saturated carbocycles. The van der Waals surface area contributed by atoms with Gasteiger partial charge in [-0.3, -0.25) is 0 Å². The molecule has 19 heavy (non-hydrogen) atoms. The van der Waals surface area contributed by atoms with Gasteiger partial charge in [-0.1, -0.05) is 29.3 Å². The molecule has 1 atom stereocenters. The topological polar surface area (TPSA) is 20.2 Å². The number of aliphatic hydroxyl groups is 1. The quantitative estimate of drug-likeness (QED) is 0.864. The van der Waals surface area contributed by atoms with Gasteiger partial charge in [-0.05, 0) is 42.3 Å². The molecule has 2 rings (SSSR count). The van der Waals surface area contributed by atoms with Crippen LogP contribution in [-0.2, 0) is 5.60 Å². The number of hydrogen-bond acceptors (Lipinski definition) is 1. The molecule has 0 fully saturated rings. The Balaban J connectivity index is 2.54. The Morgan fingerprint density at radius 3 is 2.00 bits per heavy atom. The number of benzene rings is 2. The van der Waals surface area contributed by atoms with E-state index >= 15 is 0 Å². The maximum Gasteiger partial charge on any atom is 0.126 e. The zero-order valence-electron chi connectivity index (χ0n) is 9.92. The van der Waals surface area contributed by atoms with E-state index < -0.39 is 17.2 Å². The van der Waals surface area contributed by atoms with Crippen molar-refractivity contribution in [3.8, 4) is 0 Å². The van der Waals surface area contributed by atoms with Gasteiger partial charge in [0.25, 0.3) is 0 Å². The van der Waals surface area contributed by atoms with Gasteiger partial charge < -0.3 is 5.11 Å². The average Bonchev–Trinajstić information content (AvgIpc) is 2.31. The Bertz CT molecular complexity index is 607. The summed E-state index contributed by atoms with van der Waals surface area (Å²) in [4.78, 5) is 0. The minimum absolute atomic E-state index is 0.100. The summed E-state index contributed by atoms with van der Waals surface area (Å²) in [6.45, 7) is 1.43. The molecule has 1 unspecified atom stereocenters.